The van der Waals surface area contributed by atoms with Crippen LogP contribution < -0.4 is 0 Å². The van der Waals surface area contributed by atoms with E-state index < -0.39 is 0 Å². The third-order valence-corrected chi connectivity index (χ3v) is 3.43. The van der Waals surface area contributed by atoms with Crippen molar-refractivity contribution in [2.75, 3.05) is 13.4 Å². The van der Waals surface area contributed by atoms with Crippen molar-refractivity contribution < 1.29 is 14.3 Å². The lowest BCUT2D eigenvalue weighted by Crippen LogP contribution is -2.01. The van der Waals surface area contributed by atoms with Crippen LogP contribution in [0.3, 0.4) is 0 Å². The van der Waals surface area contributed by atoms with Crippen molar-refractivity contribution in [2.24, 2.45) is 0 Å². The van der Waals surface area contributed by atoms with Crippen molar-refractivity contribution in [1.29, 1.82) is 0 Å². The maximum absolute atomic E-state index is 10.8. The average molecular weight is 298 g/mol. The molecule has 0 spiro atoms. The second-order valence-corrected chi connectivity index (χ2v) is 5.51. The van der Waals surface area contributed by atoms with Crippen LogP contribution in [0.4, 0.5) is 0 Å². The van der Waals surface area contributed by atoms with Gasteiger partial charge in [0.05, 0.1) is 6.61 Å². The van der Waals surface area contributed by atoms with Crippen LogP contribution in [0, 0.1) is 0 Å². The highest BCUT2D eigenvalue weighted by molar-refractivity contribution is 5.69. The number of carbonyl (C=O) groups is 1. The van der Waals surface area contributed by atoms with Gasteiger partial charge in [-0.1, -0.05) is 65.2 Å². The first-order valence-corrected chi connectivity index (χ1v) is 8.71. The number of rotatable bonds is 16. The smallest absolute Gasteiger partial charge is 0.189 e. The van der Waals surface area contributed by atoms with Crippen LogP contribution in [0.2, 0.25) is 0 Å². The summed E-state index contributed by atoms with van der Waals surface area (Å²) in [5.41, 5.74) is 0. The van der Waals surface area contributed by atoms with Crippen LogP contribution in [0.1, 0.15) is 84.5 Å². The largest absolute Gasteiger partial charge is 0.464 e. The van der Waals surface area contributed by atoms with Gasteiger partial charge in [-0.25, -0.2) is 0 Å². The standard InChI is InChI=1S/C18H34O3/c1-3-5-6-7-8-9-10-11-12-13-14-18(16-19)21-17-20-15-4-2/h14,16H,3-13,15,17H2,1-2H3. The number of aldehydes is 1. The summed E-state index contributed by atoms with van der Waals surface area (Å²) in [5, 5.41) is 0. The number of allylic oxidation sites excluding steroid dienone is 2. The molecule has 0 saturated heterocycles. The van der Waals surface area contributed by atoms with E-state index in [1.165, 1.54) is 51.4 Å². The molecular weight excluding hydrogens is 264 g/mol. The van der Waals surface area contributed by atoms with Crippen molar-refractivity contribution in [3.8, 4) is 0 Å². The Hall–Kier alpha value is -0.830. The molecule has 3 nitrogen and oxygen atoms in total. The molecule has 0 atom stereocenters. The molecule has 0 N–H and O–H groups in total. The van der Waals surface area contributed by atoms with Crippen LogP contribution >= 0.6 is 0 Å². The first kappa shape index (κ1) is 20.2. The quantitative estimate of drug-likeness (QED) is 0.126. The summed E-state index contributed by atoms with van der Waals surface area (Å²) in [5.74, 6) is 0.408. The van der Waals surface area contributed by atoms with E-state index in [4.69, 9.17) is 9.47 Å². The lowest BCUT2D eigenvalue weighted by molar-refractivity contribution is -0.111. The van der Waals surface area contributed by atoms with Gasteiger partial charge in [0.2, 0.25) is 0 Å². The molecule has 0 saturated carbocycles. The molecule has 0 aromatic carbocycles. The number of ether oxygens (including phenoxy) is 2. The molecule has 3 heteroatoms. The number of hydrogen-bond donors (Lipinski definition) is 0. The van der Waals surface area contributed by atoms with Crippen LogP contribution in [0.15, 0.2) is 11.8 Å². The molecule has 124 valence electrons. The summed E-state index contributed by atoms with van der Waals surface area (Å²) in [7, 11) is 0. The summed E-state index contributed by atoms with van der Waals surface area (Å²) >= 11 is 0. The number of unbranched alkanes of at least 4 members (excludes halogenated alkanes) is 9. The molecule has 0 radical (unpaired) electrons. The van der Waals surface area contributed by atoms with E-state index >= 15 is 0 Å². The number of carbonyl (C=O) groups excluding carboxylic acids is 1. The molecule has 0 aromatic rings. The Labute approximate surface area is 131 Å². The third-order valence-electron chi connectivity index (χ3n) is 3.43. The van der Waals surface area contributed by atoms with Gasteiger partial charge in [-0.15, -0.1) is 0 Å². The minimum absolute atomic E-state index is 0.177. The van der Waals surface area contributed by atoms with Gasteiger partial charge < -0.3 is 9.47 Å². The monoisotopic (exact) mass is 298 g/mol. The van der Waals surface area contributed by atoms with E-state index in [1.54, 1.807) is 0 Å². The highest BCUT2D eigenvalue weighted by Crippen LogP contribution is 2.11. The topological polar surface area (TPSA) is 35.5 Å². The Morgan fingerprint density at radius 3 is 2.05 bits per heavy atom. The van der Waals surface area contributed by atoms with Crippen molar-refractivity contribution in [1.82, 2.24) is 0 Å². The zero-order valence-electron chi connectivity index (χ0n) is 14.1. The molecule has 0 heterocycles. The molecule has 21 heavy (non-hydrogen) atoms. The molecule has 0 aliphatic heterocycles. The highest BCUT2D eigenvalue weighted by atomic mass is 16.7. The molecule has 0 amide bonds. The van der Waals surface area contributed by atoms with Gasteiger partial charge in [-0.3, -0.25) is 4.79 Å². The van der Waals surface area contributed by atoms with E-state index in [0.29, 0.717) is 12.4 Å². The maximum atomic E-state index is 10.8. The molecule has 0 rings (SSSR count). The van der Waals surface area contributed by atoms with Crippen LogP contribution in [0.25, 0.3) is 0 Å². The zero-order valence-corrected chi connectivity index (χ0v) is 14.1. The van der Waals surface area contributed by atoms with Gasteiger partial charge in [0.25, 0.3) is 0 Å². The fourth-order valence-electron chi connectivity index (χ4n) is 2.15. The Morgan fingerprint density at radius 1 is 0.857 bits per heavy atom. The van der Waals surface area contributed by atoms with Gasteiger partial charge in [0.1, 0.15) is 0 Å². The third kappa shape index (κ3) is 15.4. The molecule has 0 fully saturated rings. The lowest BCUT2D eigenvalue weighted by atomic mass is 10.1. The fourth-order valence-corrected chi connectivity index (χ4v) is 2.15. The van der Waals surface area contributed by atoms with Crippen molar-refractivity contribution in [2.45, 2.75) is 84.5 Å². The van der Waals surface area contributed by atoms with Crippen molar-refractivity contribution in [3.63, 3.8) is 0 Å². The SMILES string of the molecule is CCCCCCCCCCCC=C(C=O)OCOCCC. The first-order valence-electron chi connectivity index (χ1n) is 8.71. The lowest BCUT2D eigenvalue weighted by Gasteiger charge is -2.05. The summed E-state index contributed by atoms with van der Waals surface area (Å²) < 4.78 is 10.4. The van der Waals surface area contributed by atoms with E-state index in [0.717, 1.165) is 25.5 Å². The number of hydrogen-bond acceptors (Lipinski definition) is 3. The first-order chi connectivity index (χ1) is 10.3. The predicted molar refractivity (Wildman–Crippen MR) is 88.2 cm³/mol. The van der Waals surface area contributed by atoms with Crippen LogP contribution in [0.5, 0.6) is 0 Å². The molecule has 0 aliphatic rings. The second kappa shape index (κ2) is 17.2. The van der Waals surface area contributed by atoms with Crippen LogP contribution in [-0.4, -0.2) is 19.7 Å². The molecular formula is C18H34O3. The Bertz CT molecular complexity index is 249. The summed E-state index contributed by atoms with van der Waals surface area (Å²) in [4.78, 5) is 10.8. The predicted octanol–water partition coefficient (Wildman–Crippen LogP) is 5.39. The van der Waals surface area contributed by atoms with E-state index in [-0.39, 0.29) is 6.79 Å². The minimum atomic E-state index is 0.177. The normalized spacial score (nSPS) is 11.6. The minimum Gasteiger partial charge on any atom is -0.464 e. The molecule has 0 aliphatic carbocycles. The molecule has 0 bridgehead atoms. The Kier molecular flexibility index (Phi) is 16.5. The van der Waals surface area contributed by atoms with Gasteiger partial charge in [-0.2, -0.15) is 0 Å². The fraction of sp³-hybridized carbons (Fsp3) is 0.833. The summed E-state index contributed by atoms with van der Waals surface area (Å²) in [6.07, 6.45) is 16.4. The van der Waals surface area contributed by atoms with Crippen molar-refractivity contribution >= 4 is 6.29 Å². The second-order valence-electron chi connectivity index (χ2n) is 5.51. The summed E-state index contributed by atoms with van der Waals surface area (Å²) in [6.45, 7) is 5.14. The van der Waals surface area contributed by atoms with Gasteiger partial charge in [0, 0.05) is 0 Å². The molecule has 0 aromatic heterocycles. The Morgan fingerprint density at radius 2 is 1.48 bits per heavy atom. The molecule has 0 unspecified atom stereocenters. The van der Waals surface area contributed by atoms with Crippen molar-refractivity contribution in [3.05, 3.63) is 11.8 Å². The summed E-state index contributed by atoms with van der Waals surface area (Å²) in [6, 6.07) is 0. The highest BCUT2D eigenvalue weighted by Gasteiger charge is 1.96. The van der Waals surface area contributed by atoms with E-state index in [9.17, 15) is 4.79 Å². The van der Waals surface area contributed by atoms with Gasteiger partial charge >= 0.3 is 0 Å². The van der Waals surface area contributed by atoms with E-state index in [2.05, 4.69) is 6.92 Å². The van der Waals surface area contributed by atoms with Crippen LogP contribution in [-0.2, 0) is 14.3 Å². The van der Waals surface area contributed by atoms with Gasteiger partial charge in [0.15, 0.2) is 18.8 Å². The van der Waals surface area contributed by atoms with Gasteiger partial charge in [-0.05, 0) is 25.3 Å². The average Bonchev–Trinajstić information content (AvgIpc) is 2.51. The Balaban J connectivity index is 3.40. The maximum Gasteiger partial charge on any atom is 0.189 e. The zero-order chi connectivity index (χ0) is 15.6. The van der Waals surface area contributed by atoms with E-state index in [1.807, 2.05) is 13.0 Å².